The Bertz CT molecular complexity index is 799. The van der Waals surface area contributed by atoms with E-state index in [1.54, 1.807) is 0 Å². The topological polar surface area (TPSA) is 38.3 Å². The predicted octanol–water partition coefficient (Wildman–Crippen LogP) is 4.98. The second-order valence-electron chi connectivity index (χ2n) is 5.23. The predicted molar refractivity (Wildman–Crippen MR) is 105 cm³/mol. The average Bonchev–Trinajstić information content (AvgIpc) is 2.63. The molecule has 0 saturated heterocycles. The van der Waals surface area contributed by atoms with Crippen LogP contribution in [0.15, 0.2) is 78.9 Å². The molecule has 120 valence electrons. The van der Waals surface area contributed by atoms with Crippen LogP contribution in [0.3, 0.4) is 0 Å². The summed E-state index contributed by atoms with van der Waals surface area (Å²) < 4.78 is 6.67. The van der Waals surface area contributed by atoms with Gasteiger partial charge in [0.15, 0.2) is 6.61 Å². The zero-order valence-corrected chi connectivity index (χ0v) is 15.1. The van der Waals surface area contributed by atoms with Crippen molar-refractivity contribution >= 4 is 34.2 Å². The third kappa shape index (κ3) is 4.58. The van der Waals surface area contributed by atoms with E-state index >= 15 is 0 Å². The lowest BCUT2D eigenvalue weighted by Crippen LogP contribution is -2.20. The number of rotatable bonds is 5. The fourth-order valence-corrected chi connectivity index (χ4v) is 2.61. The molecule has 4 heteroatoms. The Hall–Kier alpha value is -2.34. The van der Waals surface area contributed by atoms with Gasteiger partial charge in [0.05, 0.1) is 0 Å². The Kier molecular flexibility index (Phi) is 5.48. The normalized spacial score (nSPS) is 10.2. The molecule has 0 bridgehead atoms. The van der Waals surface area contributed by atoms with Gasteiger partial charge < -0.3 is 10.1 Å². The molecule has 0 atom stereocenters. The Morgan fingerprint density at radius 3 is 2.12 bits per heavy atom. The lowest BCUT2D eigenvalue weighted by atomic mass is 10.1. The highest BCUT2D eigenvalue weighted by Crippen LogP contribution is 2.22. The van der Waals surface area contributed by atoms with Crippen LogP contribution in [0.5, 0.6) is 5.75 Å². The van der Waals surface area contributed by atoms with Crippen LogP contribution < -0.4 is 10.1 Å². The maximum atomic E-state index is 11.9. The first kappa shape index (κ1) is 16.5. The van der Waals surface area contributed by atoms with Crippen LogP contribution in [0.2, 0.25) is 0 Å². The fraction of sp³-hybridized carbons (Fsp3) is 0.0500. The number of carbonyl (C=O) groups excluding carboxylic acids is 1. The van der Waals surface area contributed by atoms with Crippen LogP contribution in [0, 0.1) is 3.57 Å². The summed E-state index contributed by atoms with van der Waals surface area (Å²) in [6.07, 6.45) is 0. The number of ether oxygens (including phenoxy) is 1. The fourth-order valence-electron chi connectivity index (χ4n) is 2.25. The van der Waals surface area contributed by atoms with Crippen molar-refractivity contribution < 1.29 is 9.53 Å². The maximum absolute atomic E-state index is 11.9. The van der Waals surface area contributed by atoms with Gasteiger partial charge in [0.2, 0.25) is 0 Å². The van der Waals surface area contributed by atoms with Gasteiger partial charge in [-0.05, 0) is 70.1 Å². The lowest BCUT2D eigenvalue weighted by Gasteiger charge is -2.08. The summed E-state index contributed by atoms with van der Waals surface area (Å²) in [6.45, 7) is -0.0172. The van der Waals surface area contributed by atoms with E-state index in [2.05, 4.69) is 40.0 Å². The molecule has 0 aliphatic carbocycles. The van der Waals surface area contributed by atoms with E-state index in [0.29, 0.717) is 5.75 Å². The quantitative estimate of drug-likeness (QED) is 0.582. The van der Waals surface area contributed by atoms with Crippen LogP contribution in [0.4, 0.5) is 5.69 Å². The first-order chi connectivity index (χ1) is 11.7. The largest absolute Gasteiger partial charge is 0.484 e. The molecule has 3 aromatic carbocycles. The Balaban J connectivity index is 1.54. The van der Waals surface area contributed by atoms with Crippen LogP contribution in [-0.4, -0.2) is 12.5 Å². The molecule has 3 rings (SSSR count). The van der Waals surface area contributed by atoms with E-state index in [4.69, 9.17) is 4.74 Å². The summed E-state index contributed by atoms with van der Waals surface area (Å²) in [6, 6.07) is 25.5. The summed E-state index contributed by atoms with van der Waals surface area (Å²) >= 11 is 2.22. The van der Waals surface area contributed by atoms with Crippen molar-refractivity contribution in [2.75, 3.05) is 11.9 Å². The van der Waals surface area contributed by atoms with Crippen molar-refractivity contribution in [3.05, 3.63) is 82.4 Å². The van der Waals surface area contributed by atoms with Crippen molar-refractivity contribution in [3.8, 4) is 16.9 Å². The van der Waals surface area contributed by atoms with Crippen molar-refractivity contribution in [2.24, 2.45) is 0 Å². The summed E-state index contributed by atoms with van der Waals surface area (Å²) in [5, 5.41) is 2.81. The first-order valence-electron chi connectivity index (χ1n) is 7.54. The number of amides is 1. The van der Waals surface area contributed by atoms with E-state index in [-0.39, 0.29) is 12.5 Å². The van der Waals surface area contributed by atoms with E-state index in [1.807, 2.05) is 66.7 Å². The van der Waals surface area contributed by atoms with E-state index < -0.39 is 0 Å². The number of carbonyl (C=O) groups is 1. The second-order valence-corrected chi connectivity index (χ2v) is 6.48. The lowest BCUT2D eigenvalue weighted by molar-refractivity contribution is -0.118. The monoisotopic (exact) mass is 429 g/mol. The minimum atomic E-state index is -0.177. The second kappa shape index (κ2) is 7.97. The van der Waals surface area contributed by atoms with Gasteiger partial charge in [-0.1, -0.05) is 42.5 Å². The Morgan fingerprint density at radius 2 is 1.46 bits per heavy atom. The molecule has 0 radical (unpaired) electrons. The molecule has 0 spiro atoms. The smallest absolute Gasteiger partial charge is 0.262 e. The van der Waals surface area contributed by atoms with E-state index in [9.17, 15) is 4.79 Å². The summed E-state index contributed by atoms with van der Waals surface area (Å²) in [7, 11) is 0. The molecule has 24 heavy (non-hydrogen) atoms. The summed E-state index contributed by atoms with van der Waals surface area (Å²) in [5.74, 6) is 0.496. The molecular weight excluding hydrogens is 413 g/mol. The Morgan fingerprint density at radius 1 is 0.833 bits per heavy atom. The number of hydrogen-bond donors (Lipinski definition) is 1. The minimum Gasteiger partial charge on any atom is -0.484 e. The van der Waals surface area contributed by atoms with Crippen LogP contribution in [-0.2, 0) is 4.79 Å². The van der Waals surface area contributed by atoms with Gasteiger partial charge in [0, 0.05) is 9.26 Å². The van der Waals surface area contributed by atoms with E-state index in [0.717, 1.165) is 20.4 Å². The van der Waals surface area contributed by atoms with Crippen LogP contribution >= 0.6 is 22.6 Å². The molecule has 0 fully saturated rings. The number of benzene rings is 3. The van der Waals surface area contributed by atoms with Crippen LogP contribution in [0.1, 0.15) is 0 Å². The molecule has 0 aromatic heterocycles. The minimum absolute atomic E-state index is 0.0172. The van der Waals surface area contributed by atoms with Gasteiger partial charge in [-0.3, -0.25) is 4.79 Å². The van der Waals surface area contributed by atoms with Gasteiger partial charge in [0.25, 0.3) is 5.91 Å². The third-order valence-electron chi connectivity index (χ3n) is 3.46. The molecule has 3 aromatic rings. The summed E-state index contributed by atoms with van der Waals surface area (Å²) in [5.41, 5.74) is 3.04. The number of halogens is 1. The van der Waals surface area contributed by atoms with Crippen molar-refractivity contribution in [1.29, 1.82) is 0 Å². The standard InChI is InChI=1S/C20H16INO2/c21-17-8-10-18(11-9-17)22-20(23)14-24-19-12-6-16(7-13-19)15-4-2-1-3-5-15/h1-13H,14H2,(H,22,23). The Labute approximate surface area is 154 Å². The highest BCUT2D eigenvalue weighted by Gasteiger charge is 2.04. The van der Waals surface area contributed by atoms with E-state index in [1.165, 1.54) is 0 Å². The molecule has 0 unspecified atom stereocenters. The molecule has 0 aliphatic heterocycles. The number of anilines is 1. The first-order valence-corrected chi connectivity index (χ1v) is 8.62. The molecule has 0 saturated carbocycles. The van der Waals surface area contributed by atoms with Gasteiger partial charge in [-0.15, -0.1) is 0 Å². The van der Waals surface area contributed by atoms with Gasteiger partial charge in [-0.25, -0.2) is 0 Å². The van der Waals surface area contributed by atoms with Crippen LogP contribution in [0.25, 0.3) is 11.1 Å². The molecular formula is C20H16INO2. The molecule has 0 aliphatic rings. The van der Waals surface area contributed by atoms with Gasteiger partial charge in [0.1, 0.15) is 5.75 Å². The van der Waals surface area contributed by atoms with Crippen molar-refractivity contribution in [1.82, 2.24) is 0 Å². The number of nitrogens with one attached hydrogen (secondary N) is 1. The molecule has 0 heterocycles. The highest BCUT2D eigenvalue weighted by molar-refractivity contribution is 14.1. The zero-order chi connectivity index (χ0) is 16.8. The highest BCUT2D eigenvalue weighted by atomic mass is 127. The van der Waals surface area contributed by atoms with Gasteiger partial charge in [-0.2, -0.15) is 0 Å². The molecule has 3 nitrogen and oxygen atoms in total. The average molecular weight is 429 g/mol. The SMILES string of the molecule is O=C(COc1ccc(-c2ccccc2)cc1)Nc1ccc(I)cc1. The summed E-state index contributed by atoms with van der Waals surface area (Å²) in [4.78, 5) is 11.9. The van der Waals surface area contributed by atoms with Crippen molar-refractivity contribution in [3.63, 3.8) is 0 Å². The van der Waals surface area contributed by atoms with Gasteiger partial charge >= 0.3 is 0 Å². The molecule has 1 N–H and O–H groups in total. The molecule has 1 amide bonds. The zero-order valence-electron chi connectivity index (χ0n) is 12.9. The maximum Gasteiger partial charge on any atom is 0.262 e. The van der Waals surface area contributed by atoms with Crippen molar-refractivity contribution in [2.45, 2.75) is 0 Å². The third-order valence-corrected chi connectivity index (χ3v) is 4.18. The number of hydrogen-bond acceptors (Lipinski definition) is 2.